The molecule has 2 aliphatic heterocycles. The Hall–Kier alpha value is -0.810. The van der Waals surface area contributed by atoms with Crippen LogP contribution in [-0.2, 0) is 11.3 Å². The van der Waals surface area contributed by atoms with Crippen molar-refractivity contribution < 1.29 is 4.79 Å². The van der Waals surface area contributed by atoms with Gasteiger partial charge in [0, 0.05) is 32.6 Å². The number of hydrogen-bond acceptors (Lipinski definition) is 3. The Morgan fingerprint density at radius 2 is 1.72 bits per heavy atom. The fourth-order valence-corrected chi connectivity index (χ4v) is 4.75. The zero-order chi connectivity index (χ0) is 19.1. The number of amides is 1. The SMILES string of the molecule is CC(CC(=O)N1CCC(CN(C)Cc2ccccc2)CC1)C1CCNCC1.Cl.Cl. The Balaban J connectivity index is 0.00000210. The number of hydrogen-bond donors (Lipinski definition) is 1. The van der Waals surface area contributed by atoms with Crippen LogP contribution in [0.5, 0.6) is 0 Å². The second kappa shape index (κ2) is 13.5. The third-order valence-corrected chi connectivity index (χ3v) is 6.52. The van der Waals surface area contributed by atoms with Crippen LogP contribution in [-0.4, -0.2) is 55.5 Å². The molecule has 2 fully saturated rings. The normalized spacial score (nSPS) is 19.3. The van der Waals surface area contributed by atoms with E-state index in [1.807, 2.05) is 0 Å². The maximum atomic E-state index is 12.7. The first-order valence-corrected chi connectivity index (χ1v) is 10.8. The first kappa shape index (κ1) is 26.2. The molecule has 1 atom stereocenters. The van der Waals surface area contributed by atoms with E-state index in [1.165, 1.54) is 18.4 Å². The quantitative estimate of drug-likeness (QED) is 0.684. The van der Waals surface area contributed by atoms with E-state index in [0.717, 1.165) is 64.4 Å². The number of carbonyl (C=O) groups excluding carboxylic acids is 1. The maximum Gasteiger partial charge on any atom is 0.222 e. The highest BCUT2D eigenvalue weighted by atomic mass is 35.5. The third-order valence-electron chi connectivity index (χ3n) is 6.52. The van der Waals surface area contributed by atoms with Gasteiger partial charge in [0.15, 0.2) is 0 Å². The Labute approximate surface area is 189 Å². The Morgan fingerprint density at radius 1 is 1.10 bits per heavy atom. The molecule has 0 saturated carbocycles. The zero-order valence-electron chi connectivity index (χ0n) is 18.0. The minimum Gasteiger partial charge on any atom is -0.343 e. The van der Waals surface area contributed by atoms with E-state index in [9.17, 15) is 4.79 Å². The van der Waals surface area contributed by atoms with E-state index >= 15 is 0 Å². The van der Waals surface area contributed by atoms with Crippen molar-refractivity contribution in [3.05, 3.63) is 35.9 Å². The van der Waals surface area contributed by atoms with Crippen LogP contribution in [0.2, 0.25) is 0 Å². The first-order chi connectivity index (χ1) is 13.1. The van der Waals surface area contributed by atoms with E-state index in [0.29, 0.717) is 17.7 Å². The van der Waals surface area contributed by atoms with Crippen molar-refractivity contribution in [3.63, 3.8) is 0 Å². The van der Waals surface area contributed by atoms with Crippen LogP contribution in [0.4, 0.5) is 0 Å². The average molecular weight is 444 g/mol. The van der Waals surface area contributed by atoms with Gasteiger partial charge < -0.3 is 15.1 Å². The monoisotopic (exact) mass is 443 g/mol. The molecule has 0 aliphatic carbocycles. The van der Waals surface area contributed by atoms with Crippen molar-refractivity contribution >= 4 is 30.7 Å². The van der Waals surface area contributed by atoms with Crippen LogP contribution >= 0.6 is 24.8 Å². The van der Waals surface area contributed by atoms with Gasteiger partial charge in [-0.15, -0.1) is 24.8 Å². The van der Waals surface area contributed by atoms with Crippen molar-refractivity contribution in [2.75, 3.05) is 39.8 Å². The fourth-order valence-electron chi connectivity index (χ4n) is 4.75. The molecule has 1 aromatic carbocycles. The van der Waals surface area contributed by atoms with E-state index in [-0.39, 0.29) is 24.8 Å². The van der Waals surface area contributed by atoms with E-state index in [1.54, 1.807) is 0 Å². The largest absolute Gasteiger partial charge is 0.343 e. The van der Waals surface area contributed by atoms with Gasteiger partial charge in [-0.3, -0.25) is 4.79 Å². The van der Waals surface area contributed by atoms with Crippen LogP contribution in [0.15, 0.2) is 30.3 Å². The molecule has 2 saturated heterocycles. The Bertz CT molecular complexity index is 573. The minimum absolute atomic E-state index is 0. The molecule has 3 rings (SSSR count). The minimum atomic E-state index is 0. The molecule has 0 bridgehead atoms. The van der Waals surface area contributed by atoms with Gasteiger partial charge in [0.05, 0.1) is 0 Å². The number of carbonyl (C=O) groups is 1. The molecule has 1 N–H and O–H groups in total. The van der Waals surface area contributed by atoms with Crippen molar-refractivity contribution in [2.45, 2.75) is 45.6 Å². The summed E-state index contributed by atoms with van der Waals surface area (Å²) in [5, 5.41) is 3.42. The maximum absolute atomic E-state index is 12.7. The highest BCUT2D eigenvalue weighted by Crippen LogP contribution is 2.26. The van der Waals surface area contributed by atoms with Gasteiger partial charge in [0.2, 0.25) is 5.91 Å². The zero-order valence-corrected chi connectivity index (χ0v) is 19.6. The highest BCUT2D eigenvalue weighted by Gasteiger charge is 2.27. The molecule has 0 spiro atoms. The molecular formula is C23H39Cl2N3O. The summed E-state index contributed by atoms with van der Waals surface area (Å²) in [5.74, 6) is 2.34. The Morgan fingerprint density at radius 3 is 2.34 bits per heavy atom. The molecule has 1 aromatic rings. The van der Waals surface area contributed by atoms with Crippen molar-refractivity contribution in [3.8, 4) is 0 Å². The number of halogens is 2. The van der Waals surface area contributed by atoms with Gasteiger partial charge in [0.25, 0.3) is 0 Å². The number of nitrogens with zero attached hydrogens (tertiary/aromatic N) is 2. The molecule has 2 heterocycles. The summed E-state index contributed by atoms with van der Waals surface area (Å²) < 4.78 is 0. The highest BCUT2D eigenvalue weighted by molar-refractivity contribution is 5.85. The van der Waals surface area contributed by atoms with Gasteiger partial charge in [-0.2, -0.15) is 0 Å². The fraction of sp³-hybridized carbons (Fsp3) is 0.696. The third kappa shape index (κ3) is 8.45. The summed E-state index contributed by atoms with van der Waals surface area (Å²) in [6, 6.07) is 10.7. The van der Waals surface area contributed by atoms with E-state index < -0.39 is 0 Å². The van der Waals surface area contributed by atoms with Gasteiger partial charge in [-0.25, -0.2) is 0 Å². The number of nitrogens with one attached hydrogen (secondary N) is 1. The number of rotatable bonds is 7. The lowest BCUT2D eigenvalue weighted by Crippen LogP contribution is -2.42. The predicted octanol–water partition coefficient (Wildman–Crippen LogP) is 4.23. The van der Waals surface area contributed by atoms with Crippen LogP contribution in [0.25, 0.3) is 0 Å². The number of likely N-dealkylation sites (tertiary alicyclic amines) is 1. The molecule has 6 heteroatoms. The molecule has 0 aromatic heterocycles. The second-order valence-corrected chi connectivity index (χ2v) is 8.78. The lowest BCUT2D eigenvalue weighted by atomic mass is 9.83. The molecule has 2 aliphatic rings. The molecule has 29 heavy (non-hydrogen) atoms. The van der Waals surface area contributed by atoms with Gasteiger partial charge in [-0.05, 0) is 69.1 Å². The van der Waals surface area contributed by atoms with Crippen molar-refractivity contribution in [2.24, 2.45) is 17.8 Å². The van der Waals surface area contributed by atoms with Gasteiger partial charge >= 0.3 is 0 Å². The summed E-state index contributed by atoms with van der Waals surface area (Å²) in [4.78, 5) is 17.3. The standard InChI is InChI=1S/C23H37N3O.2ClH/c1-19(22-8-12-24-13-9-22)16-23(27)26-14-10-21(11-15-26)18-25(2)17-20-6-4-3-5-7-20;;/h3-7,19,21-22,24H,8-18H2,1-2H3;2*1H. The number of piperidine rings is 2. The molecule has 0 radical (unpaired) electrons. The second-order valence-electron chi connectivity index (χ2n) is 8.78. The summed E-state index contributed by atoms with van der Waals surface area (Å²) in [6.45, 7) is 8.54. The van der Waals surface area contributed by atoms with Crippen LogP contribution in [0.3, 0.4) is 0 Å². The summed E-state index contributed by atoms with van der Waals surface area (Å²) in [5.41, 5.74) is 1.37. The van der Waals surface area contributed by atoms with Crippen LogP contribution in [0, 0.1) is 17.8 Å². The molecule has 166 valence electrons. The molecule has 1 unspecified atom stereocenters. The summed E-state index contributed by atoms with van der Waals surface area (Å²) >= 11 is 0. The van der Waals surface area contributed by atoms with Crippen molar-refractivity contribution in [1.29, 1.82) is 0 Å². The van der Waals surface area contributed by atoms with Gasteiger partial charge in [-0.1, -0.05) is 37.3 Å². The van der Waals surface area contributed by atoms with Crippen LogP contribution in [0.1, 0.15) is 44.6 Å². The predicted molar refractivity (Wildman–Crippen MR) is 126 cm³/mol. The smallest absolute Gasteiger partial charge is 0.222 e. The summed E-state index contributed by atoms with van der Waals surface area (Å²) in [6.07, 6.45) is 5.48. The topological polar surface area (TPSA) is 35.6 Å². The lowest BCUT2D eigenvalue weighted by Gasteiger charge is -2.35. The molecule has 1 amide bonds. The lowest BCUT2D eigenvalue weighted by molar-refractivity contribution is -0.134. The summed E-state index contributed by atoms with van der Waals surface area (Å²) in [7, 11) is 2.21. The van der Waals surface area contributed by atoms with E-state index in [2.05, 4.69) is 59.4 Å². The Kier molecular flexibility index (Phi) is 12.2. The molecular weight excluding hydrogens is 405 g/mol. The van der Waals surface area contributed by atoms with E-state index in [4.69, 9.17) is 0 Å². The van der Waals surface area contributed by atoms with Crippen molar-refractivity contribution in [1.82, 2.24) is 15.1 Å². The number of benzene rings is 1. The van der Waals surface area contributed by atoms with Crippen LogP contribution < -0.4 is 5.32 Å². The average Bonchev–Trinajstić information content (AvgIpc) is 2.70. The molecule has 4 nitrogen and oxygen atoms in total. The first-order valence-electron chi connectivity index (χ1n) is 10.8. The van der Waals surface area contributed by atoms with Gasteiger partial charge in [0.1, 0.15) is 0 Å².